The summed E-state index contributed by atoms with van der Waals surface area (Å²) < 4.78 is 0. The van der Waals surface area contributed by atoms with Crippen molar-refractivity contribution in [1.82, 2.24) is 5.32 Å². The van der Waals surface area contributed by atoms with Gasteiger partial charge in [-0.25, -0.2) is 4.79 Å². The highest BCUT2D eigenvalue weighted by molar-refractivity contribution is 5.90. The van der Waals surface area contributed by atoms with E-state index >= 15 is 0 Å². The maximum absolute atomic E-state index is 11.6. The van der Waals surface area contributed by atoms with Gasteiger partial charge in [-0.05, 0) is 25.1 Å². The zero-order valence-electron chi connectivity index (χ0n) is 10.4. The molecule has 1 amide bonds. The lowest BCUT2D eigenvalue weighted by Gasteiger charge is -2.35. The molecule has 0 saturated carbocycles. The Morgan fingerprint density at radius 2 is 2.32 bits per heavy atom. The highest BCUT2D eigenvalue weighted by Gasteiger charge is 2.27. The SMILES string of the molecule is CC1C(=O)NCCN1c1ccc(C(=O)O)cc1C#N. The Morgan fingerprint density at radius 1 is 1.58 bits per heavy atom. The fraction of sp³-hybridized carbons (Fsp3) is 0.308. The van der Waals surface area contributed by atoms with Crippen molar-refractivity contribution >= 4 is 17.6 Å². The standard InChI is InChI=1S/C13H13N3O3/c1-8-12(17)15-4-5-16(8)11-3-2-9(13(18)19)6-10(11)7-14/h2-3,6,8H,4-5H2,1H3,(H,15,17)(H,18,19). The average Bonchev–Trinajstić information content (AvgIpc) is 2.41. The van der Waals surface area contributed by atoms with Crippen molar-refractivity contribution in [1.29, 1.82) is 5.26 Å². The van der Waals surface area contributed by atoms with E-state index in [2.05, 4.69) is 5.32 Å². The van der Waals surface area contributed by atoms with Gasteiger partial charge >= 0.3 is 5.97 Å². The lowest BCUT2D eigenvalue weighted by atomic mass is 10.1. The van der Waals surface area contributed by atoms with Gasteiger partial charge in [-0.1, -0.05) is 0 Å². The molecule has 0 aliphatic carbocycles. The molecular weight excluding hydrogens is 246 g/mol. The number of carboxylic acid groups (broad SMARTS) is 1. The first-order valence-corrected chi connectivity index (χ1v) is 5.86. The molecule has 98 valence electrons. The van der Waals surface area contributed by atoms with Crippen LogP contribution < -0.4 is 10.2 Å². The molecule has 1 fully saturated rings. The number of anilines is 1. The number of benzene rings is 1. The highest BCUT2D eigenvalue weighted by atomic mass is 16.4. The number of nitrogens with zero attached hydrogens (tertiary/aromatic N) is 2. The fourth-order valence-electron chi connectivity index (χ4n) is 2.12. The summed E-state index contributed by atoms with van der Waals surface area (Å²) in [6.45, 7) is 2.85. The maximum Gasteiger partial charge on any atom is 0.335 e. The first-order chi connectivity index (χ1) is 9.04. The number of carbonyl (C=O) groups is 2. The number of carboxylic acids is 1. The average molecular weight is 259 g/mol. The summed E-state index contributed by atoms with van der Waals surface area (Å²) >= 11 is 0. The van der Waals surface area contributed by atoms with Crippen molar-refractivity contribution in [3.05, 3.63) is 29.3 Å². The quantitative estimate of drug-likeness (QED) is 0.810. The Hall–Kier alpha value is -2.55. The number of nitrogens with one attached hydrogen (secondary N) is 1. The summed E-state index contributed by atoms with van der Waals surface area (Å²) in [4.78, 5) is 24.3. The second-order valence-electron chi connectivity index (χ2n) is 4.31. The summed E-state index contributed by atoms with van der Waals surface area (Å²) in [5.74, 6) is -1.18. The number of nitriles is 1. The molecule has 1 unspecified atom stereocenters. The number of carbonyl (C=O) groups excluding carboxylic acids is 1. The minimum Gasteiger partial charge on any atom is -0.478 e. The number of hydrogen-bond acceptors (Lipinski definition) is 4. The van der Waals surface area contributed by atoms with Gasteiger partial charge in [0.2, 0.25) is 5.91 Å². The van der Waals surface area contributed by atoms with Gasteiger partial charge in [-0.3, -0.25) is 4.79 Å². The number of rotatable bonds is 2. The third-order valence-corrected chi connectivity index (χ3v) is 3.17. The molecule has 2 N–H and O–H groups in total. The topological polar surface area (TPSA) is 93.4 Å². The van der Waals surface area contributed by atoms with Crippen LogP contribution in [-0.2, 0) is 4.79 Å². The van der Waals surface area contributed by atoms with Crippen molar-refractivity contribution in [2.75, 3.05) is 18.0 Å². The van der Waals surface area contributed by atoms with E-state index in [1.807, 2.05) is 11.0 Å². The van der Waals surface area contributed by atoms with Crippen LogP contribution in [0.5, 0.6) is 0 Å². The monoisotopic (exact) mass is 259 g/mol. The number of hydrogen-bond donors (Lipinski definition) is 2. The second-order valence-corrected chi connectivity index (χ2v) is 4.31. The molecule has 0 spiro atoms. The highest BCUT2D eigenvalue weighted by Crippen LogP contribution is 2.24. The molecule has 1 heterocycles. The number of piperazine rings is 1. The van der Waals surface area contributed by atoms with Crippen LogP contribution in [0.25, 0.3) is 0 Å². The van der Waals surface area contributed by atoms with Crippen LogP contribution in [0.4, 0.5) is 5.69 Å². The number of amides is 1. The molecule has 6 heteroatoms. The van der Waals surface area contributed by atoms with E-state index < -0.39 is 5.97 Å². The molecule has 0 bridgehead atoms. The molecule has 2 rings (SSSR count). The molecule has 1 atom stereocenters. The molecule has 6 nitrogen and oxygen atoms in total. The summed E-state index contributed by atoms with van der Waals surface area (Å²) in [7, 11) is 0. The van der Waals surface area contributed by atoms with Gasteiger partial charge in [0.05, 0.1) is 16.8 Å². The van der Waals surface area contributed by atoms with Gasteiger partial charge < -0.3 is 15.3 Å². The molecule has 1 aromatic carbocycles. The predicted molar refractivity (Wildman–Crippen MR) is 67.9 cm³/mol. The van der Waals surface area contributed by atoms with E-state index in [-0.39, 0.29) is 23.1 Å². The minimum absolute atomic E-state index is 0.0643. The first kappa shape index (κ1) is 12.9. The van der Waals surface area contributed by atoms with E-state index in [1.54, 1.807) is 13.0 Å². The van der Waals surface area contributed by atoms with Crippen LogP contribution >= 0.6 is 0 Å². The Bertz CT molecular complexity index is 577. The summed E-state index contributed by atoms with van der Waals surface area (Å²) in [5, 5.41) is 20.8. The van der Waals surface area contributed by atoms with Crippen molar-refractivity contribution in [2.45, 2.75) is 13.0 Å². The van der Waals surface area contributed by atoms with Crippen LogP contribution in [0.1, 0.15) is 22.8 Å². The van der Waals surface area contributed by atoms with Gasteiger partial charge in [0.25, 0.3) is 0 Å². The normalized spacial score (nSPS) is 18.6. The summed E-state index contributed by atoms with van der Waals surface area (Å²) in [6, 6.07) is 5.96. The number of aromatic carboxylic acids is 1. The van der Waals surface area contributed by atoms with E-state index in [1.165, 1.54) is 12.1 Å². The molecule has 1 aromatic rings. The third-order valence-electron chi connectivity index (χ3n) is 3.17. The van der Waals surface area contributed by atoms with E-state index in [9.17, 15) is 9.59 Å². The molecule has 19 heavy (non-hydrogen) atoms. The molecule has 1 saturated heterocycles. The Balaban J connectivity index is 2.42. The van der Waals surface area contributed by atoms with Crippen LogP contribution in [0, 0.1) is 11.3 Å². The Kier molecular flexibility index (Phi) is 3.38. The van der Waals surface area contributed by atoms with Crippen LogP contribution in [0.15, 0.2) is 18.2 Å². The second kappa shape index (κ2) is 4.98. The lowest BCUT2D eigenvalue weighted by Crippen LogP contribution is -2.54. The molecule has 1 aliphatic rings. The van der Waals surface area contributed by atoms with Crippen LogP contribution in [-0.4, -0.2) is 36.1 Å². The molecular formula is C13H13N3O3. The molecule has 0 aromatic heterocycles. The van der Waals surface area contributed by atoms with Gasteiger partial charge in [-0.15, -0.1) is 0 Å². The predicted octanol–water partition coefficient (Wildman–Crippen LogP) is 0.581. The van der Waals surface area contributed by atoms with E-state index in [0.29, 0.717) is 18.8 Å². The first-order valence-electron chi connectivity index (χ1n) is 5.86. The molecule has 1 aliphatic heterocycles. The lowest BCUT2D eigenvalue weighted by molar-refractivity contribution is -0.122. The maximum atomic E-state index is 11.6. The molecule has 0 radical (unpaired) electrons. The third kappa shape index (κ3) is 2.36. The Labute approximate surface area is 110 Å². The fourth-order valence-corrected chi connectivity index (χ4v) is 2.12. The Morgan fingerprint density at radius 3 is 2.95 bits per heavy atom. The van der Waals surface area contributed by atoms with E-state index in [4.69, 9.17) is 10.4 Å². The van der Waals surface area contributed by atoms with Crippen molar-refractivity contribution in [2.24, 2.45) is 0 Å². The van der Waals surface area contributed by atoms with Gasteiger partial charge in [0.1, 0.15) is 12.1 Å². The zero-order chi connectivity index (χ0) is 14.0. The van der Waals surface area contributed by atoms with Gasteiger partial charge in [0.15, 0.2) is 0 Å². The minimum atomic E-state index is -1.08. The van der Waals surface area contributed by atoms with Crippen molar-refractivity contribution in [3.8, 4) is 6.07 Å². The van der Waals surface area contributed by atoms with E-state index in [0.717, 1.165) is 0 Å². The van der Waals surface area contributed by atoms with Crippen molar-refractivity contribution < 1.29 is 14.7 Å². The van der Waals surface area contributed by atoms with Gasteiger partial charge in [-0.2, -0.15) is 5.26 Å². The van der Waals surface area contributed by atoms with Crippen LogP contribution in [0.2, 0.25) is 0 Å². The van der Waals surface area contributed by atoms with Gasteiger partial charge in [0, 0.05) is 13.1 Å². The van der Waals surface area contributed by atoms with Crippen LogP contribution in [0.3, 0.4) is 0 Å². The summed E-state index contributed by atoms with van der Waals surface area (Å²) in [5.41, 5.74) is 0.922. The smallest absolute Gasteiger partial charge is 0.335 e. The largest absolute Gasteiger partial charge is 0.478 e. The van der Waals surface area contributed by atoms with Crippen molar-refractivity contribution in [3.63, 3.8) is 0 Å². The zero-order valence-corrected chi connectivity index (χ0v) is 10.4. The summed E-state index contributed by atoms with van der Waals surface area (Å²) in [6.07, 6.45) is 0.